The Bertz CT molecular complexity index is 1320. The largest absolute Gasteiger partial charge is 0.497 e. The lowest BCUT2D eigenvalue weighted by molar-refractivity contribution is -0.139. The van der Waals surface area contributed by atoms with Gasteiger partial charge < -0.3 is 15.0 Å². The number of hydrogen-bond acceptors (Lipinski definition) is 5. The van der Waals surface area contributed by atoms with Crippen LogP contribution in [-0.4, -0.2) is 51.9 Å². The van der Waals surface area contributed by atoms with Gasteiger partial charge in [0.25, 0.3) is 10.0 Å². The molecular weight excluding hydrogens is 502 g/mol. The fraction of sp³-hybridized carbons (Fsp3) is 0.231. The Labute approximate surface area is 216 Å². The first kappa shape index (κ1) is 27.0. The minimum atomic E-state index is -4.13. The second kappa shape index (κ2) is 11.9. The molecule has 1 atom stereocenters. The molecule has 3 aromatic carbocycles. The number of halogens is 1. The Morgan fingerprint density at radius 3 is 2.33 bits per heavy atom. The number of rotatable bonds is 10. The number of benzene rings is 3. The van der Waals surface area contributed by atoms with Crippen molar-refractivity contribution in [3.63, 3.8) is 0 Å². The van der Waals surface area contributed by atoms with Crippen molar-refractivity contribution >= 4 is 39.1 Å². The maximum Gasteiger partial charge on any atom is 0.264 e. The third kappa shape index (κ3) is 6.35. The Balaban J connectivity index is 2.02. The fourth-order valence-electron chi connectivity index (χ4n) is 3.64. The highest BCUT2D eigenvalue weighted by atomic mass is 35.5. The van der Waals surface area contributed by atoms with Crippen LogP contribution in [0, 0.1) is 0 Å². The number of nitrogens with zero attached hydrogens (tertiary/aromatic N) is 2. The molecule has 0 radical (unpaired) electrons. The molecular formula is C26H28ClN3O5S. The van der Waals surface area contributed by atoms with Crippen molar-refractivity contribution in [1.82, 2.24) is 10.2 Å². The van der Waals surface area contributed by atoms with Crippen molar-refractivity contribution in [1.29, 1.82) is 0 Å². The van der Waals surface area contributed by atoms with Crippen LogP contribution in [-0.2, 0) is 26.2 Å². The zero-order chi connectivity index (χ0) is 26.3. The van der Waals surface area contributed by atoms with Crippen molar-refractivity contribution in [2.45, 2.75) is 24.4 Å². The van der Waals surface area contributed by atoms with Gasteiger partial charge >= 0.3 is 0 Å². The summed E-state index contributed by atoms with van der Waals surface area (Å²) in [7, 11) is -1.12. The predicted molar refractivity (Wildman–Crippen MR) is 139 cm³/mol. The summed E-state index contributed by atoms with van der Waals surface area (Å²) < 4.78 is 33.5. The van der Waals surface area contributed by atoms with Crippen LogP contribution in [0.5, 0.6) is 5.75 Å². The van der Waals surface area contributed by atoms with Gasteiger partial charge in [0.05, 0.1) is 17.7 Å². The van der Waals surface area contributed by atoms with Crippen molar-refractivity contribution in [2.75, 3.05) is 25.0 Å². The molecule has 0 saturated heterocycles. The molecule has 0 aliphatic carbocycles. The van der Waals surface area contributed by atoms with Crippen LogP contribution in [0.25, 0.3) is 0 Å². The van der Waals surface area contributed by atoms with E-state index in [2.05, 4.69) is 5.32 Å². The van der Waals surface area contributed by atoms with Crippen LogP contribution >= 0.6 is 11.6 Å². The first-order chi connectivity index (χ1) is 17.2. The number of carbonyl (C=O) groups is 2. The Hall–Kier alpha value is -3.56. The van der Waals surface area contributed by atoms with Gasteiger partial charge in [-0.15, -0.1) is 0 Å². The van der Waals surface area contributed by atoms with E-state index in [0.29, 0.717) is 10.8 Å². The standard InChI is InChI=1S/C26H28ClN3O5S/c1-19(26(32)28-2)29(17-20-9-7-12-23(15-20)35-3)25(31)18-30(22-11-8-10-21(27)16-22)36(33,34)24-13-5-4-6-14-24/h4-16,19H,17-18H2,1-3H3,(H,28,32)/t19-/m0/s1. The van der Waals surface area contributed by atoms with Crippen molar-refractivity contribution in [3.05, 3.63) is 89.4 Å². The van der Waals surface area contributed by atoms with E-state index in [4.69, 9.17) is 16.3 Å². The molecule has 0 heterocycles. The zero-order valence-corrected chi connectivity index (χ0v) is 21.8. The summed E-state index contributed by atoms with van der Waals surface area (Å²) in [6.07, 6.45) is 0. The summed E-state index contributed by atoms with van der Waals surface area (Å²) in [5, 5.41) is 2.87. The minimum Gasteiger partial charge on any atom is -0.497 e. The maximum absolute atomic E-state index is 13.7. The molecule has 0 bridgehead atoms. The Morgan fingerprint density at radius 2 is 1.69 bits per heavy atom. The average molecular weight is 530 g/mol. The molecule has 2 amide bonds. The fourth-order valence-corrected chi connectivity index (χ4v) is 5.25. The monoisotopic (exact) mass is 529 g/mol. The van der Waals surface area contributed by atoms with Gasteiger partial charge in [0.2, 0.25) is 11.8 Å². The maximum atomic E-state index is 13.7. The van der Waals surface area contributed by atoms with Gasteiger partial charge in [0.15, 0.2) is 0 Å². The molecule has 10 heteroatoms. The third-order valence-corrected chi connectivity index (χ3v) is 7.63. The number of likely N-dealkylation sites (N-methyl/N-ethyl adjacent to an activating group) is 1. The van der Waals surface area contributed by atoms with Crippen LogP contribution in [0.1, 0.15) is 12.5 Å². The summed E-state index contributed by atoms with van der Waals surface area (Å²) in [5.74, 6) is -0.348. The molecule has 3 rings (SSSR count). The number of ether oxygens (including phenoxy) is 1. The molecule has 0 aliphatic rings. The molecule has 3 aromatic rings. The van der Waals surface area contributed by atoms with Gasteiger partial charge in [-0.2, -0.15) is 0 Å². The highest BCUT2D eigenvalue weighted by Gasteiger charge is 2.32. The van der Waals surface area contributed by atoms with E-state index >= 15 is 0 Å². The quantitative estimate of drug-likeness (QED) is 0.432. The van der Waals surface area contributed by atoms with Gasteiger partial charge in [0, 0.05) is 18.6 Å². The van der Waals surface area contributed by atoms with Crippen molar-refractivity contribution < 1.29 is 22.7 Å². The van der Waals surface area contributed by atoms with Crippen LogP contribution in [0.3, 0.4) is 0 Å². The average Bonchev–Trinajstić information content (AvgIpc) is 2.89. The predicted octanol–water partition coefficient (Wildman–Crippen LogP) is 3.71. The molecule has 0 saturated carbocycles. The molecule has 8 nitrogen and oxygen atoms in total. The second-order valence-electron chi connectivity index (χ2n) is 7.97. The van der Waals surface area contributed by atoms with Gasteiger partial charge in [-0.25, -0.2) is 8.42 Å². The summed E-state index contributed by atoms with van der Waals surface area (Å²) >= 11 is 6.15. The summed E-state index contributed by atoms with van der Waals surface area (Å²) in [5.41, 5.74) is 0.951. The number of amides is 2. The van der Waals surface area contributed by atoms with Gasteiger partial charge in [-0.1, -0.05) is 48.0 Å². The minimum absolute atomic E-state index is 0.0245. The lowest BCUT2D eigenvalue weighted by Crippen LogP contribution is -2.50. The highest BCUT2D eigenvalue weighted by molar-refractivity contribution is 7.92. The molecule has 36 heavy (non-hydrogen) atoms. The number of methoxy groups -OCH3 is 1. The van der Waals surface area contributed by atoms with Gasteiger partial charge in [-0.3, -0.25) is 13.9 Å². The number of sulfonamides is 1. The number of carbonyl (C=O) groups excluding carboxylic acids is 2. The molecule has 0 aromatic heterocycles. The van der Waals surface area contributed by atoms with E-state index in [1.54, 1.807) is 67.6 Å². The molecule has 0 unspecified atom stereocenters. The van der Waals surface area contributed by atoms with E-state index in [1.165, 1.54) is 37.3 Å². The normalized spacial score (nSPS) is 11.9. The molecule has 0 spiro atoms. The van der Waals surface area contributed by atoms with E-state index < -0.39 is 28.5 Å². The first-order valence-electron chi connectivity index (χ1n) is 11.1. The topological polar surface area (TPSA) is 96.0 Å². The zero-order valence-electron chi connectivity index (χ0n) is 20.2. The summed E-state index contributed by atoms with van der Waals surface area (Å²) in [4.78, 5) is 27.6. The highest BCUT2D eigenvalue weighted by Crippen LogP contribution is 2.27. The number of anilines is 1. The second-order valence-corrected chi connectivity index (χ2v) is 10.3. The van der Waals surface area contributed by atoms with E-state index in [9.17, 15) is 18.0 Å². The third-order valence-electron chi connectivity index (χ3n) is 5.61. The lowest BCUT2D eigenvalue weighted by atomic mass is 10.1. The molecule has 190 valence electrons. The van der Waals surface area contributed by atoms with Crippen LogP contribution < -0.4 is 14.4 Å². The lowest BCUT2D eigenvalue weighted by Gasteiger charge is -2.31. The molecule has 0 aliphatic heterocycles. The van der Waals surface area contributed by atoms with Gasteiger partial charge in [0.1, 0.15) is 18.3 Å². The van der Waals surface area contributed by atoms with Crippen molar-refractivity contribution in [2.24, 2.45) is 0 Å². The smallest absolute Gasteiger partial charge is 0.264 e. The molecule has 0 fully saturated rings. The molecule has 1 N–H and O–H groups in total. The van der Waals surface area contributed by atoms with Crippen LogP contribution in [0.4, 0.5) is 5.69 Å². The number of hydrogen-bond donors (Lipinski definition) is 1. The van der Waals surface area contributed by atoms with E-state index in [1.807, 2.05) is 0 Å². The van der Waals surface area contributed by atoms with Crippen LogP contribution in [0.2, 0.25) is 5.02 Å². The SMILES string of the molecule is CNC(=O)[C@H](C)N(Cc1cccc(OC)c1)C(=O)CN(c1cccc(Cl)c1)S(=O)(=O)c1ccccc1. The van der Waals surface area contributed by atoms with E-state index in [-0.39, 0.29) is 23.0 Å². The summed E-state index contributed by atoms with van der Waals surface area (Å²) in [6.45, 7) is 1.12. The van der Waals surface area contributed by atoms with E-state index in [0.717, 1.165) is 9.87 Å². The van der Waals surface area contributed by atoms with Crippen LogP contribution in [0.15, 0.2) is 83.8 Å². The Kier molecular flexibility index (Phi) is 8.95. The number of nitrogens with one attached hydrogen (secondary N) is 1. The van der Waals surface area contributed by atoms with Gasteiger partial charge in [-0.05, 0) is 55.0 Å². The summed E-state index contributed by atoms with van der Waals surface area (Å²) in [6, 6.07) is 20.3. The van der Waals surface area contributed by atoms with Crippen molar-refractivity contribution in [3.8, 4) is 5.75 Å². The Morgan fingerprint density at radius 1 is 1.00 bits per heavy atom. The first-order valence-corrected chi connectivity index (χ1v) is 13.0.